The maximum absolute atomic E-state index is 13.5. The molecule has 0 saturated carbocycles. The van der Waals surface area contributed by atoms with Gasteiger partial charge in [0.15, 0.2) is 5.72 Å². The Morgan fingerprint density at radius 2 is 1.82 bits per heavy atom. The number of carbonyl (C=O) groups excluding carboxylic acids is 2. The van der Waals surface area contributed by atoms with Crippen molar-refractivity contribution in [3.05, 3.63) is 87.9 Å². The maximum Gasteiger partial charge on any atom is 0.325 e. The number of ether oxygens (including phenoxy) is 1. The molecule has 1 N–H and O–H groups in total. The predicted molar refractivity (Wildman–Crippen MR) is 149 cm³/mol. The molecule has 196 valence electrons. The molecule has 2 saturated heterocycles. The fourth-order valence-electron chi connectivity index (χ4n) is 5.91. The summed E-state index contributed by atoms with van der Waals surface area (Å²) >= 11 is 6.20. The van der Waals surface area contributed by atoms with E-state index in [1.165, 1.54) is 16.8 Å². The van der Waals surface area contributed by atoms with Crippen LogP contribution in [0.1, 0.15) is 46.4 Å². The number of nitrogens with zero attached hydrogens (tertiary/aromatic N) is 3. The van der Waals surface area contributed by atoms with Crippen molar-refractivity contribution in [3.63, 3.8) is 0 Å². The molecular weight excluding hydrogens is 500 g/mol. The van der Waals surface area contributed by atoms with Gasteiger partial charge in [-0.05, 0) is 74.4 Å². The van der Waals surface area contributed by atoms with Crippen molar-refractivity contribution >= 4 is 34.9 Å². The lowest BCUT2D eigenvalue weighted by molar-refractivity contribution is 0.0378. The summed E-state index contributed by atoms with van der Waals surface area (Å²) in [5, 5.41) is 3.70. The summed E-state index contributed by atoms with van der Waals surface area (Å²) in [6, 6.07) is 18.8. The van der Waals surface area contributed by atoms with Crippen LogP contribution >= 0.6 is 11.6 Å². The van der Waals surface area contributed by atoms with Gasteiger partial charge >= 0.3 is 6.03 Å². The zero-order valence-corrected chi connectivity index (χ0v) is 22.6. The Labute approximate surface area is 227 Å². The standard InChI is InChI=1S/C30H31ClN4O3/c1-19-7-8-20(2)26(15-19)33-11-13-34(14-12-33)28(36)21-5-4-6-23(16-21)35-29(37)32-25-18-30(35,3)38-27-10-9-22(31)17-24(25)27/h4-10,15-17,25H,11-14,18H2,1-3H3,(H,32,37)/t25-,30+/m0/s1. The lowest BCUT2D eigenvalue weighted by Crippen LogP contribution is -2.65. The lowest BCUT2D eigenvalue weighted by atomic mass is 9.90. The number of halogens is 1. The first-order chi connectivity index (χ1) is 18.2. The molecule has 6 rings (SSSR count). The number of nitrogens with one attached hydrogen (secondary N) is 1. The van der Waals surface area contributed by atoms with Gasteiger partial charge in [0, 0.05) is 54.4 Å². The Kier molecular flexibility index (Phi) is 5.99. The smallest absolute Gasteiger partial charge is 0.325 e. The van der Waals surface area contributed by atoms with Crippen LogP contribution in [0.5, 0.6) is 5.75 Å². The highest BCUT2D eigenvalue weighted by molar-refractivity contribution is 6.30. The van der Waals surface area contributed by atoms with Crippen LogP contribution in [0.3, 0.4) is 0 Å². The van der Waals surface area contributed by atoms with Gasteiger partial charge < -0.3 is 19.9 Å². The number of anilines is 2. The van der Waals surface area contributed by atoms with Gasteiger partial charge in [-0.15, -0.1) is 0 Å². The summed E-state index contributed by atoms with van der Waals surface area (Å²) < 4.78 is 6.38. The van der Waals surface area contributed by atoms with Crippen LogP contribution in [0.2, 0.25) is 5.02 Å². The minimum Gasteiger partial charge on any atom is -0.467 e. The average molecular weight is 531 g/mol. The van der Waals surface area contributed by atoms with E-state index in [1.54, 1.807) is 17.0 Å². The zero-order valence-electron chi connectivity index (χ0n) is 21.8. The summed E-state index contributed by atoms with van der Waals surface area (Å²) in [4.78, 5) is 32.7. The van der Waals surface area contributed by atoms with E-state index >= 15 is 0 Å². The SMILES string of the molecule is Cc1ccc(C)c(N2CCN(C(=O)c3cccc(N4C(=O)N[C@H]5C[C@@]4(C)Oc4ccc(Cl)cc45)c3)CC2)c1. The summed E-state index contributed by atoms with van der Waals surface area (Å²) in [5.41, 5.74) is 4.88. The molecule has 0 radical (unpaired) electrons. The van der Waals surface area contributed by atoms with E-state index < -0.39 is 5.72 Å². The molecule has 0 aliphatic carbocycles. The van der Waals surface area contributed by atoms with Gasteiger partial charge in [0.25, 0.3) is 5.91 Å². The van der Waals surface area contributed by atoms with Gasteiger partial charge in [0.05, 0.1) is 11.7 Å². The number of urea groups is 1. The Hall–Kier alpha value is -3.71. The molecular formula is C30H31ClN4O3. The second kappa shape index (κ2) is 9.24. The highest BCUT2D eigenvalue weighted by Gasteiger charge is 2.50. The third-order valence-corrected chi connectivity index (χ3v) is 8.09. The van der Waals surface area contributed by atoms with Crippen LogP contribution in [-0.2, 0) is 0 Å². The first-order valence-corrected chi connectivity index (χ1v) is 13.4. The van der Waals surface area contributed by atoms with E-state index in [-0.39, 0.29) is 18.0 Å². The molecule has 0 aromatic heterocycles. The van der Waals surface area contributed by atoms with Crippen LogP contribution in [0.25, 0.3) is 0 Å². The number of benzene rings is 3. The van der Waals surface area contributed by atoms with Crippen molar-refractivity contribution in [2.75, 3.05) is 36.0 Å². The number of piperazine rings is 1. The first-order valence-electron chi connectivity index (χ1n) is 13.0. The summed E-state index contributed by atoms with van der Waals surface area (Å²) in [7, 11) is 0. The highest BCUT2D eigenvalue weighted by Crippen LogP contribution is 2.46. The number of fused-ring (bicyclic) bond motifs is 4. The van der Waals surface area contributed by atoms with Crippen molar-refractivity contribution in [2.45, 2.75) is 39.0 Å². The Balaban J connectivity index is 1.21. The monoisotopic (exact) mass is 530 g/mol. The van der Waals surface area contributed by atoms with Gasteiger partial charge in [-0.3, -0.25) is 9.69 Å². The van der Waals surface area contributed by atoms with Crippen LogP contribution in [0.4, 0.5) is 16.2 Å². The van der Waals surface area contributed by atoms with Gasteiger partial charge in [-0.1, -0.05) is 29.8 Å². The Bertz CT molecular complexity index is 1430. The van der Waals surface area contributed by atoms with Crippen molar-refractivity contribution in [1.82, 2.24) is 10.2 Å². The van der Waals surface area contributed by atoms with E-state index in [9.17, 15) is 9.59 Å². The maximum atomic E-state index is 13.5. The third-order valence-electron chi connectivity index (χ3n) is 7.86. The minimum atomic E-state index is -0.896. The van der Waals surface area contributed by atoms with E-state index in [1.807, 2.05) is 42.2 Å². The first kappa shape index (κ1) is 24.6. The molecule has 38 heavy (non-hydrogen) atoms. The largest absolute Gasteiger partial charge is 0.467 e. The van der Waals surface area contributed by atoms with E-state index in [4.69, 9.17) is 16.3 Å². The summed E-state index contributed by atoms with van der Waals surface area (Å²) in [5.74, 6) is 0.671. The molecule has 3 aromatic carbocycles. The second-order valence-corrected chi connectivity index (χ2v) is 11.1. The third kappa shape index (κ3) is 4.25. The van der Waals surface area contributed by atoms with Crippen LogP contribution in [0, 0.1) is 13.8 Å². The Morgan fingerprint density at radius 1 is 1.03 bits per heavy atom. The van der Waals surface area contributed by atoms with Crippen LogP contribution in [-0.4, -0.2) is 48.7 Å². The van der Waals surface area contributed by atoms with Gasteiger partial charge in [0.2, 0.25) is 0 Å². The molecule has 0 spiro atoms. The molecule has 2 fully saturated rings. The molecule has 3 aromatic rings. The summed E-state index contributed by atoms with van der Waals surface area (Å²) in [6.45, 7) is 8.98. The van der Waals surface area contributed by atoms with Gasteiger partial charge in [0.1, 0.15) is 5.75 Å². The number of amides is 3. The number of hydrogen-bond donors (Lipinski definition) is 1. The number of rotatable bonds is 3. The van der Waals surface area contributed by atoms with Crippen molar-refractivity contribution in [2.24, 2.45) is 0 Å². The van der Waals surface area contributed by atoms with Gasteiger partial charge in [-0.2, -0.15) is 0 Å². The minimum absolute atomic E-state index is 0.0301. The van der Waals surface area contributed by atoms with Crippen molar-refractivity contribution < 1.29 is 14.3 Å². The van der Waals surface area contributed by atoms with E-state index in [0.717, 1.165) is 18.7 Å². The zero-order chi connectivity index (χ0) is 26.6. The number of hydrogen-bond acceptors (Lipinski definition) is 4. The second-order valence-electron chi connectivity index (χ2n) is 10.6. The summed E-state index contributed by atoms with van der Waals surface area (Å²) in [6.07, 6.45) is 0.560. The molecule has 3 aliphatic heterocycles. The fourth-order valence-corrected chi connectivity index (χ4v) is 6.09. The quantitative estimate of drug-likeness (QED) is 0.472. The van der Waals surface area contributed by atoms with Crippen LogP contribution < -0.4 is 19.9 Å². The van der Waals surface area contributed by atoms with Crippen molar-refractivity contribution in [3.8, 4) is 5.75 Å². The Morgan fingerprint density at radius 3 is 2.61 bits per heavy atom. The molecule has 2 bridgehead atoms. The molecule has 2 atom stereocenters. The van der Waals surface area contributed by atoms with Crippen molar-refractivity contribution in [1.29, 1.82) is 0 Å². The normalized spacial score (nSPS) is 22.5. The highest BCUT2D eigenvalue weighted by atomic mass is 35.5. The molecule has 3 heterocycles. The number of carbonyl (C=O) groups is 2. The van der Waals surface area contributed by atoms with E-state index in [2.05, 4.69) is 42.3 Å². The molecule has 8 heteroatoms. The molecule has 3 amide bonds. The average Bonchev–Trinajstić information content (AvgIpc) is 2.90. The fraction of sp³-hybridized carbons (Fsp3) is 0.333. The number of aryl methyl sites for hydroxylation is 2. The van der Waals surface area contributed by atoms with Crippen LogP contribution in [0.15, 0.2) is 60.7 Å². The molecule has 7 nitrogen and oxygen atoms in total. The topological polar surface area (TPSA) is 65.1 Å². The molecule has 3 aliphatic rings. The predicted octanol–water partition coefficient (Wildman–Crippen LogP) is 5.69. The van der Waals surface area contributed by atoms with Gasteiger partial charge in [-0.25, -0.2) is 4.79 Å². The lowest BCUT2D eigenvalue weighted by Gasteiger charge is -2.50. The van der Waals surface area contributed by atoms with E-state index in [0.29, 0.717) is 41.5 Å². The molecule has 0 unspecified atom stereocenters.